The van der Waals surface area contributed by atoms with Gasteiger partial charge in [-0.1, -0.05) is 89.8 Å². The molecule has 2 aromatic carbocycles. The van der Waals surface area contributed by atoms with E-state index in [0.29, 0.717) is 0 Å². The fraction of sp³-hybridized carbons (Fsp3) is 0.143. The van der Waals surface area contributed by atoms with Crippen molar-refractivity contribution in [2.24, 2.45) is 0 Å². The Kier molecular flexibility index (Phi) is 6.15. The Hall–Kier alpha value is 0.1000. The molecule has 0 bridgehead atoms. The second kappa shape index (κ2) is 7.63. The molecule has 0 aliphatic rings. The van der Waals surface area contributed by atoms with Gasteiger partial charge in [-0.05, 0) is 23.3 Å². The molecule has 2 rings (SSSR count). The van der Waals surface area contributed by atoms with E-state index in [0.717, 1.165) is 10.7 Å². The van der Waals surface area contributed by atoms with Crippen molar-refractivity contribution in [1.29, 1.82) is 0 Å². The predicted molar refractivity (Wildman–Crippen MR) is 89.9 cm³/mol. The van der Waals surface area contributed by atoms with Gasteiger partial charge in [0.25, 0.3) is 0 Å². The molecule has 0 saturated carbocycles. The van der Waals surface area contributed by atoms with Crippen LogP contribution in [0.3, 0.4) is 0 Å². The molecule has 0 aliphatic carbocycles. The summed E-state index contributed by atoms with van der Waals surface area (Å²) in [7, 11) is 3.64. The van der Waals surface area contributed by atoms with Gasteiger partial charge < -0.3 is 0 Å². The highest BCUT2D eigenvalue weighted by atomic mass is 79.9. The zero-order chi connectivity index (χ0) is 12.8. The van der Waals surface area contributed by atoms with Crippen LogP contribution in [-0.4, -0.2) is 0 Å². The molecule has 0 aromatic heterocycles. The lowest BCUT2D eigenvalue weighted by atomic mass is 10.2. The van der Waals surface area contributed by atoms with Gasteiger partial charge in [0.1, 0.15) is 0 Å². The molecule has 0 nitrogen and oxygen atoms in total. The van der Waals surface area contributed by atoms with Gasteiger partial charge in [0, 0.05) is 20.5 Å². The van der Waals surface area contributed by atoms with E-state index in [1.807, 2.05) is 21.6 Å². The van der Waals surface area contributed by atoms with E-state index < -0.39 is 0 Å². The smallest absolute Gasteiger partial charge is 0.0294 e. The molecule has 0 atom stereocenters. The summed E-state index contributed by atoms with van der Waals surface area (Å²) < 4.78 is 0. The molecule has 0 radical (unpaired) electrons. The van der Waals surface area contributed by atoms with Crippen LogP contribution in [0.15, 0.2) is 58.3 Å². The summed E-state index contributed by atoms with van der Waals surface area (Å²) in [5.41, 5.74) is 2.68. The second-order valence-corrected chi connectivity index (χ2v) is 6.98. The molecule has 0 aliphatic heterocycles. The molecule has 0 unspecified atom stereocenters. The van der Waals surface area contributed by atoms with Crippen LogP contribution in [0.4, 0.5) is 0 Å². The first-order valence-corrected chi connectivity index (χ1v) is 9.86. The Morgan fingerprint density at radius 2 is 1.06 bits per heavy atom. The maximum absolute atomic E-state index is 3.53. The van der Waals surface area contributed by atoms with E-state index in [2.05, 4.69) is 80.4 Å². The zero-order valence-electron chi connectivity index (χ0n) is 9.61. The third-order valence-corrected chi connectivity index (χ3v) is 6.23. The van der Waals surface area contributed by atoms with Crippen LogP contribution in [0, 0.1) is 0 Å². The lowest BCUT2D eigenvalue weighted by Crippen LogP contribution is -1.82. The largest absolute Gasteiger partial charge is 0.0876 e. The van der Waals surface area contributed by atoms with Crippen molar-refractivity contribution in [1.82, 2.24) is 0 Å². The molecule has 0 N–H and O–H groups in total. The Bertz CT molecular complexity index is 467. The lowest BCUT2D eigenvalue weighted by molar-refractivity contribution is 1.28. The Labute approximate surface area is 133 Å². The van der Waals surface area contributed by atoms with Crippen molar-refractivity contribution in [2.75, 3.05) is 0 Å². The van der Waals surface area contributed by atoms with Gasteiger partial charge in [-0.25, -0.2) is 0 Å². The highest BCUT2D eigenvalue weighted by molar-refractivity contribution is 9.08. The van der Waals surface area contributed by atoms with Crippen molar-refractivity contribution < 1.29 is 0 Å². The topological polar surface area (TPSA) is 0 Å². The first kappa shape index (κ1) is 14.5. The fourth-order valence-corrected chi connectivity index (χ4v) is 5.29. The van der Waals surface area contributed by atoms with Crippen molar-refractivity contribution in [2.45, 2.75) is 20.5 Å². The van der Waals surface area contributed by atoms with Gasteiger partial charge in [-0.2, -0.15) is 0 Å². The Morgan fingerprint density at radius 1 is 0.667 bits per heavy atom. The molecular weight excluding hydrogens is 392 g/mol. The van der Waals surface area contributed by atoms with Crippen molar-refractivity contribution in [3.05, 3.63) is 59.7 Å². The summed E-state index contributed by atoms with van der Waals surface area (Å²) in [6.45, 7) is 0. The molecule has 4 heteroatoms. The first-order valence-electron chi connectivity index (χ1n) is 5.47. The normalized spacial score (nSPS) is 10.6. The van der Waals surface area contributed by atoms with E-state index in [9.17, 15) is 0 Å². The van der Waals surface area contributed by atoms with Gasteiger partial charge >= 0.3 is 0 Å². The molecule has 0 spiro atoms. The molecule has 0 heterocycles. The van der Waals surface area contributed by atoms with E-state index >= 15 is 0 Å². The molecule has 0 fully saturated rings. The van der Waals surface area contributed by atoms with Gasteiger partial charge in [-0.3, -0.25) is 0 Å². The van der Waals surface area contributed by atoms with Crippen LogP contribution in [0.1, 0.15) is 11.1 Å². The Balaban J connectivity index is 2.11. The predicted octanol–water partition coefficient (Wildman–Crippen LogP) is 6.28. The van der Waals surface area contributed by atoms with Crippen LogP contribution in [0.5, 0.6) is 0 Å². The van der Waals surface area contributed by atoms with Crippen LogP contribution >= 0.6 is 53.4 Å². The number of hydrogen-bond acceptors (Lipinski definition) is 2. The molecule has 0 saturated heterocycles. The SMILES string of the molecule is BrCc1ccccc1SSc1ccccc1CBr. The molecule has 2 aromatic rings. The van der Waals surface area contributed by atoms with Crippen molar-refractivity contribution >= 4 is 53.4 Å². The van der Waals surface area contributed by atoms with Crippen molar-refractivity contribution in [3.8, 4) is 0 Å². The average molecular weight is 404 g/mol. The molecular formula is C14H12Br2S2. The molecule has 94 valence electrons. The highest BCUT2D eigenvalue weighted by Crippen LogP contribution is 2.41. The minimum atomic E-state index is 0.900. The maximum Gasteiger partial charge on any atom is 0.0294 e. The van der Waals surface area contributed by atoms with Crippen molar-refractivity contribution in [3.63, 3.8) is 0 Å². The quantitative estimate of drug-likeness (QED) is 0.425. The highest BCUT2D eigenvalue weighted by Gasteiger charge is 2.05. The zero-order valence-corrected chi connectivity index (χ0v) is 14.4. The number of hydrogen-bond donors (Lipinski definition) is 0. The molecule has 18 heavy (non-hydrogen) atoms. The van der Waals surface area contributed by atoms with E-state index in [4.69, 9.17) is 0 Å². The minimum absolute atomic E-state index is 0.900. The van der Waals surface area contributed by atoms with Crippen LogP contribution < -0.4 is 0 Å². The monoisotopic (exact) mass is 402 g/mol. The standard InChI is InChI=1S/C14H12Br2S2/c15-9-11-5-1-3-7-13(11)17-18-14-8-4-2-6-12(14)10-16/h1-8H,9-10H2. The first-order chi connectivity index (χ1) is 8.85. The summed E-state index contributed by atoms with van der Waals surface area (Å²) in [5.74, 6) is 0. The third-order valence-electron chi connectivity index (χ3n) is 2.45. The van der Waals surface area contributed by atoms with E-state index in [1.165, 1.54) is 20.9 Å². The van der Waals surface area contributed by atoms with Gasteiger partial charge in [0.15, 0.2) is 0 Å². The minimum Gasteiger partial charge on any atom is -0.0876 e. The van der Waals surface area contributed by atoms with Gasteiger partial charge in [0.05, 0.1) is 0 Å². The van der Waals surface area contributed by atoms with E-state index in [1.54, 1.807) is 0 Å². The second-order valence-electron chi connectivity index (χ2n) is 3.65. The lowest BCUT2D eigenvalue weighted by Gasteiger charge is -2.08. The number of benzene rings is 2. The van der Waals surface area contributed by atoms with E-state index in [-0.39, 0.29) is 0 Å². The van der Waals surface area contributed by atoms with Crippen LogP contribution in [-0.2, 0) is 10.7 Å². The molecule has 0 amide bonds. The summed E-state index contributed by atoms with van der Waals surface area (Å²) in [6, 6.07) is 17.0. The summed E-state index contributed by atoms with van der Waals surface area (Å²) >= 11 is 7.07. The van der Waals surface area contributed by atoms with Crippen LogP contribution in [0.25, 0.3) is 0 Å². The van der Waals surface area contributed by atoms with Gasteiger partial charge in [-0.15, -0.1) is 0 Å². The van der Waals surface area contributed by atoms with Gasteiger partial charge in [0.2, 0.25) is 0 Å². The fourth-order valence-electron chi connectivity index (χ4n) is 1.48. The summed E-state index contributed by atoms with van der Waals surface area (Å²) in [4.78, 5) is 2.65. The number of rotatable bonds is 5. The maximum atomic E-state index is 3.53. The Morgan fingerprint density at radius 3 is 1.44 bits per heavy atom. The number of halogens is 2. The third kappa shape index (κ3) is 3.80. The summed E-state index contributed by atoms with van der Waals surface area (Å²) in [5, 5.41) is 1.80. The van der Waals surface area contributed by atoms with Crippen LogP contribution in [0.2, 0.25) is 0 Å². The number of alkyl halides is 2. The summed E-state index contributed by atoms with van der Waals surface area (Å²) in [6.07, 6.45) is 0. The average Bonchev–Trinajstić information content (AvgIpc) is 2.45.